The molecule has 1 saturated heterocycles. The molecule has 1 atom stereocenters. The number of ether oxygens (including phenoxy) is 1. The van der Waals surface area contributed by atoms with Crippen LogP contribution in [0.25, 0.3) is 28.0 Å². The average molecular weight is 439 g/mol. The summed E-state index contributed by atoms with van der Waals surface area (Å²) >= 11 is 6.01. The molecule has 5 rings (SSSR count). The summed E-state index contributed by atoms with van der Waals surface area (Å²) in [5.74, 6) is 0.273. The van der Waals surface area contributed by atoms with Crippen LogP contribution in [-0.2, 0) is 4.74 Å². The molecule has 2 aromatic carbocycles. The van der Waals surface area contributed by atoms with E-state index >= 15 is 0 Å². The van der Waals surface area contributed by atoms with Crippen LogP contribution in [0.1, 0.15) is 12.8 Å². The van der Waals surface area contributed by atoms with Gasteiger partial charge in [0.05, 0.1) is 22.9 Å². The Balaban J connectivity index is 1.65. The van der Waals surface area contributed by atoms with Crippen molar-refractivity contribution in [2.75, 3.05) is 24.2 Å². The minimum atomic E-state index is -0.397. The Bertz CT molecular complexity index is 1240. The van der Waals surface area contributed by atoms with Crippen LogP contribution >= 0.6 is 11.6 Å². The van der Waals surface area contributed by atoms with Crippen LogP contribution in [0.2, 0.25) is 5.02 Å². The Labute approximate surface area is 183 Å². The molecule has 1 fully saturated rings. The maximum Gasteiger partial charge on any atom is 0.225 e. The zero-order valence-corrected chi connectivity index (χ0v) is 17.3. The van der Waals surface area contributed by atoms with Crippen LogP contribution in [0.4, 0.5) is 16.2 Å². The van der Waals surface area contributed by atoms with Crippen LogP contribution in [0.15, 0.2) is 48.5 Å². The van der Waals surface area contributed by atoms with Gasteiger partial charge < -0.3 is 15.8 Å². The maximum atomic E-state index is 14.7. The molecule has 1 unspecified atom stereocenters. The third-order valence-corrected chi connectivity index (χ3v) is 5.53. The number of nitrogens with zero attached hydrogens (tertiary/aromatic N) is 4. The van der Waals surface area contributed by atoms with E-state index in [1.165, 1.54) is 6.07 Å². The van der Waals surface area contributed by atoms with Crippen molar-refractivity contribution < 1.29 is 9.13 Å². The number of rotatable bonds is 5. The van der Waals surface area contributed by atoms with Crippen molar-refractivity contribution in [3.8, 4) is 16.9 Å². The average Bonchev–Trinajstić information content (AvgIpc) is 3.41. The van der Waals surface area contributed by atoms with Crippen molar-refractivity contribution in [1.29, 1.82) is 0 Å². The highest BCUT2D eigenvalue weighted by atomic mass is 35.5. The molecule has 3 N–H and O–H groups in total. The Hall–Kier alpha value is -3.23. The fourth-order valence-electron chi connectivity index (χ4n) is 3.73. The van der Waals surface area contributed by atoms with E-state index < -0.39 is 5.82 Å². The van der Waals surface area contributed by atoms with Gasteiger partial charge in [-0.2, -0.15) is 4.98 Å². The zero-order valence-electron chi connectivity index (χ0n) is 16.6. The highest BCUT2D eigenvalue weighted by Gasteiger charge is 2.22. The lowest BCUT2D eigenvalue weighted by molar-refractivity contribution is 0.120. The second-order valence-corrected chi connectivity index (χ2v) is 7.80. The van der Waals surface area contributed by atoms with Gasteiger partial charge in [-0.25, -0.2) is 14.1 Å². The van der Waals surface area contributed by atoms with Gasteiger partial charge in [0.1, 0.15) is 11.6 Å². The SMILES string of the molecule is Nc1c2c(-c3ccccc3F)nc(NCC3CCCO3)nc2nn1-c1ccc(Cl)cc1. The quantitative estimate of drug-likeness (QED) is 0.478. The third-order valence-electron chi connectivity index (χ3n) is 5.28. The number of hydrogen-bond donors (Lipinski definition) is 2. The van der Waals surface area contributed by atoms with Gasteiger partial charge in [-0.1, -0.05) is 23.7 Å². The molecule has 4 aromatic rings. The smallest absolute Gasteiger partial charge is 0.225 e. The van der Waals surface area contributed by atoms with Gasteiger partial charge in [-0.05, 0) is 49.2 Å². The van der Waals surface area contributed by atoms with E-state index in [4.69, 9.17) is 22.1 Å². The molecule has 31 heavy (non-hydrogen) atoms. The van der Waals surface area contributed by atoms with Crippen molar-refractivity contribution in [1.82, 2.24) is 19.7 Å². The van der Waals surface area contributed by atoms with E-state index in [1.807, 2.05) is 0 Å². The van der Waals surface area contributed by atoms with Crippen molar-refractivity contribution in [3.63, 3.8) is 0 Å². The number of nitrogens with two attached hydrogens (primary N) is 1. The lowest BCUT2D eigenvalue weighted by Gasteiger charge is -2.12. The normalized spacial score (nSPS) is 16.1. The van der Waals surface area contributed by atoms with Gasteiger partial charge in [0.15, 0.2) is 5.65 Å². The predicted molar refractivity (Wildman–Crippen MR) is 119 cm³/mol. The summed E-state index contributed by atoms with van der Waals surface area (Å²) in [7, 11) is 0. The van der Waals surface area contributed by atoms with Gasteiger partial charge in [-0.3, -0.25) is 0 Å². The Morgan fingerprint density at radius 3 is 2.71 bits per heavy atom. The number of halogens is 2. The van der Waals surface area contributed by atoms with Crippen LogP contribution in [-0.4, -0.2) is 39.0 Å². The van der Waals surface area contributed by atoms with Crippen molar-refractivity contribution >= 4 is 34.4 Å². The fourth-order valence-corrected chi connectivity index (χ4v) is 3.85. The number of benzene rings is 2. The maximum absolute atomic E-state index is 14.7. The van der Waals surface area contributed by atoms with E-state index in [1.54, 1.807) is 47.1 Å². The molecule has 0 spiro atoms. The summed E-state index contributed by atoms with van der Waals surface area (Å²) in [5, 5.41) is 8.87. The van der Waals surface area contributed by atoms with E-state index in [0.717, 1.165) is 19.4 Å². The molecule has 158 valence electrons. The molecular weight excluding hydrogens is 419 g/mol. The molecule has 1 aliphatic heterocycles. The number of nitrogen functional groups attached to an aromatic ring is 1. The van der Waals surface area contributed by atoms with Gasteiger partial charge in [0, 0.05) is 23.7 Å². The minimum absolute atomic E-state index is 0.105. The topological polar surface area (TPSA) is 90.9 Å². The largest absolute Gasteiger partial charge is 0.383 e. The van der Waals surface area contributed by atoms with Crippen LogP contribution in [0.5, 0.6) is 0 Å². The molecule has 1 aliphatic rings. The molecule has 3 heterocycles. The van der Waals surface area contributed by atoms with Crippen LogP contribution < -0.4 is 11.1 Å². The number of anilines is 2. The third kappa shape index (κ3) is 3.80. The second kappa shape index (κ2) is 8.13. The molecule has 0 radical (unpaired) electrons. The summed E-state index contributed by atoms with van der Waals surface area (Å²) in [5.41, 5.74) is 8.25. The predicted octanol–water partition coefficient (Wildman–Crippen LogP) is 4.45. The van der Waals surface area contributed by atoms with E-state index in [2.05, 4.69) is 20.4 Å². The molecular formula is C22H20ClFN6O. The first kappa shape index (κ1) is 19.7. The standard InChI is InChI=1S/C22H20ClFN6O/c23-13-7-9-14(10-8-13)30-20(25)18-19(16-5-1-2-6-17(16)24)27-22(28-21(18)29-30)26-12-15-4-3-11-31-15/h1-2,5-10,15H,3-4,11-12,25H2,(H,26,28,29). The molecule has 7 nitrogen and oxygen atoms in total. The van der Waals surface area contributed by atoms with Crippen molar-refractivity contribution in [2.45, 2.75) is 18.9 Å². The van der Waals surface area contributed by atoms with Crippen molar-refractivity contribution in [2.24, 2.45) is 0 Å². The summed E-state index contributed by atoms with van der Waals surface area (Å²) in [6.45, 7) is 1.32. The van der Waals surface area contributed by atoms with Gasteiger partial charge in [-0.15, -0.1) is 5.10 Å². The summed E-state index contributed by atoms with van der Waals surface area (Å²) in [4.78, 5) is 9.14. The van der Waals surface area contributed by atoms with Crippen molar-refractivity contribution in [3.05, 3.63) is 59.4 Å². The first-order valence-electron chi connectivity index (χ1n) is 10.0. The van der Waals surface area contributed by atoms with E-state index in [0.29, 0.717) is 51.3 Å². The molecule has 0 bridgehead atoms. The number of aromatic nitrogens is 4. The highest BCUT2D eigenvalue weighted by Crippen LogP contribution is 2.34. The molecule has 0 saturated carbocycles. The number of hydrogen-bond acceptors (Lipinski definition) is 6. The Morgan fingerprint density at radius 1 is 1.16 bits per heavy atom. The Kier molecular flexibility index (Phi) is 5.17. The fraction of sp³-hybridized carbons (Fsp3) is 0.227. The first-order valence-corrected chi connectivity index (χ1v) is 10.4. The summed E-state index contributed by atoms with van der Waals surface area (Å²) in [6.07, 6.45) is 2.12. The molecule has 0 amide bonds. The second-order valence-electron chi connectivity index (χ2n) is 7.36. The van der Waals surface area contributed by atoms with Gasteiger partial charge >= 0.3 is 0 Å². The first-order chi connectivity index (χ1) is 15.1. The van der Waals surface area contributed by atoms with Gasteiger partial charge in [0.25, 0.3) is 0 Å². The highest BCUT2D eigenvalue weighted by molar-refractivity contribution is 6.30. The van der Waals surface area contributed by atoms with Crippen LogP contribution in [0.3, 0.4) is 0 Å². The Morgan fingerprint density at radius 2 is 1.97 bits per heavy atom. The summed E-state index contributed by atoms with van der Waals surface area (Å²) < 4.78 is 21.9. The minimum Gasteiger partial charge on any atom is -0.383 e. The molecule has 0 aliphatic carbocycles. The van der Waals surface area contributed by atoms with E-state index in [-0.39, 0.29) is 6.10 Å². The number of nitrogens with one attached hydrogen (secondary N) is 1. The van der Waals surface area contributed by atoms with E-state index in [9.17, 15) is 4.39 Å². The zero-order chi connectivity index (χ0) is 21.4. The van der Waals surface area contributed by atoms with Crippen LogP contribution in [0, 0.1) is 5.82 Å². The summed E-state index contributed by atoms with van der Waals surface area (Å²) in [6, 6.07) is 13.6. The lowest BCUT2D eigenvalue weighted by Crippen LogP contribution is -2.19. The van der Waals surface area contributed by atoms with Gasteiger partial charge in [0.2, 0.25) is 5.95 Å². The number of fused-ring (bicyclic) bond motifs is 1. The molecule has 9 heteroatoms. The molecule has 2 aromatic heterocycles. The lowest BCUT2D eigenvalue weighted by atomic mass is 10.1. The monoisotopic (exact) mass is 438 g/mol.